The standard InChI is InChI=1S/C23H26N4/c1-15-9-8-10-16(2)21(15)18-13-17(3)22(20(24)14-18)27-23(25)26-19-11-6-4-5-7-12-19/h4-6,8-14H,7,24H2,1-3H3,(H3,25,26,27). The number of nitrogens with zero attached hydrogens (tertiary/aromatic N) is 1. The van der Waals surface area contributed by atoms with Crippen molar-refractivity contribution in [3.63, 3.8) is 0 Å². The summed E-state index contributed by atoms with van der Waals surface area (Å²) in [5, 5.41) is 3.13. The Kier molecular flexibility index (Phi) is 5.46. The number of rotatable bonds is 3. The van der Waals surface area contributed by atoms with Crippen molar-refractivity contribution >= 4 is 17.3 Å². The monoisotopic (exact) mass is 358 g/mol. The molecule has 0 aromatic heterocycles. The van der Waals surface area contributed by atoms with Crippen LogP contribution < -0.4 is 16.8 Å². The van der Waals surface area contributed by atoms with Gasteiger partial charge in [0.05, 0.1) is 11.4 Å². The third kappa shape index (κ3) is 4.29. The summed E-state index contributed by atoms with van der Waals surface area (Å²) in [7, 11) is 0. The number of nitrogens with two attached hydrogens (primary N) is 2. The second-order valence-corrected chi connectivity index (χ2v) is 6.80. The van der Waals surface area contributed by atoms with Crippen molar-refractivity contribution in [2.45, 2.75) is 27.2 Å². The van der Waals surface area contributed by atoms with Gasteiger partial charge in [-0.15, -0.1) is 0 Å². The Morgan fingerprint density at radius 1 is 1.04 bits per heavy atom. The van der Waals surface area contributed by atoms with E-state index < -0.39 is 0 Å². The Labute approximate surface area is 161 Å². The van der Waals surface area contributed by atoms with Crippen molar-refractivity contribution in [2.75, 3.05) is 5.73 Å². The highest BCUT2D eigenvalue weighted by Crippen LogP contribution is 2.35. The molecule has 0 radical (unpaired) electrons. The summed E-state index contributed by atoms with van der Waals surface area (Å²) in [6.45, 7) is 6.24. The van der Waals surface area contributed by atoms with E-state index >= 15 is 0 Å². The van der Waals surface area contributed by atoms with Gasteiger partial charge in [-0.1, -0.05) is 42.5 Å². The first-order valence-electron chi connectivity index (χ1n) is 9.07. The summed E-state index contributed by atoms with van der Waals surface area (Å²) >= 11 is 0. The van der Waals surface area contributed by atoms with E-state index in [1.807, 2.05) is 31.2 Å². The lowest BCUT2D eigenvalue weighted by Gasteiger charge is -2.14. The summed E-state index contributed by atoms with van der Waals surface area (Å²) in [4.78, 5) is 4.53. The minimum absolute atomic E-state index is 0.322. The average molecular weight is 358 g/mol. The summed E-state index contributed by atoms with van der Waals surface area (Å²) < 4.78 is 0. The van der Waals surface area contributed by atoms with Crippen LogP contribution in [0, 0.1) is 20.8 Å². The van der Waals surface area contributed by atoms with Crippen LogP contribution in [0.4, 0.5) is 11.4 Å². The zero-order chi connectivity index (χ0) is 19.4. The van der Waals surface area contributed by atoms with Gasteiger partial charge in [-0.25, -0.2) is 4.99 Å². The molecule has 0 saturated heterocycles. The Hall–Kier alpha value is -3.27. The van der Waals surface area contributed by atoms with Gasteiger partial charge in [-0.05, 0) is 73.2 Å². The maximum absolute atomic E-state index is 6.34. The highest BCUT2D eigenvalue weighted by atomic mass is 15.1. The molecule has 2 aromatic carbocycles. The second kappa shape index (κ2) is 7.96. The van der Waals surface area contributed by atoms with Crippen LogP contribution in [0.5, 0.6) is 0 Å². The molecule has 1 aliphatic rings. The molecule has 2 aromatic rings. The lowest BCUT2D eigenvalue weighted by atomic mass is 9.94. The number of nitrogen functional groups attached to an aromatic ring is 1. The quantitative estimate of drug-likeness (QED) is 0.419. The first-order chi connectivity index (χ1) is 13.0. The van der Waals surface area contributed by atoms with Crippen LogP contribution in [0.15, 0.2) is 71.4 Å². The van der Waals surface area contributed by atoms with E-state index in [9.17, 15) is 0 Å². The number of nitrogens with one attached hydrogen (secondary N) is 1. The fourth-order valence-electron chi connectivity index (χ4n) is 3.34. The molecule has 0 fully saturated rings. The molecule has 5 N–H and O–H groups in total. The minimum atomic E-state index is 0.322. The molecule has 27 heavy (non-hydrogen) atoms. The van der Waals surface area contributed by atoms with Crippen molar-refractivity contribution in [2.24, 2.45) is 10.7 Å². The molecule has 1 aliphatic carbocycles. The predicted molar refractivity (Wildman–Crippen MR) is 116 cm³/mol. The van der Waals surface area contributed by atoms with E-state index in [0.717, 1.165) is 23.2 Å². The van der Waals surface area contributed by atoms with Crippen LogP contribution in [0.1, 0.15) is 23.1 Å². The van der Waals surface area contributed by atoms with Gasteiger partial charge in [-0.2, -0.15) is 0 Å². The fraction of sp³-hybridized carbons (Fsp3) is 0.174. The number of hydrogen-bond acceptors (Lipinski definition) is 2. The second-order valence-electron chi connectivity index (χ2n) is 6.80. The van der Waals surface area contributed by atoms with Gasteiger partial charge in [-0.3, -0.25) is 0 Å². The van der Waals surface area contributed by atoms with Gasteiger partial charge >= 0.3 is 0 Å². The van der Waals surface area contributed by atoms with E-state index in [2.05, 4.69) is 60.6 Å². The lowest BCUT2D eigenvalue weighted by Crippen LogP contribution is -2.30. The van der Waals surface area contributed by atoms with Crippen molar-refractivity contribution in [3.8, 4) is 11.1 Å². The van der Waals surface area contributed by atoms with Crippen molar-refractivity contribution in [1.29, 1.82) is 0 Å². The number of aryl methyl sites for hydroxylation is 3. The minimum Gasteiger partial charge on any atom is -0.397 e. The Morgan fingerprint density at radius 3 is 2.48 bits per heavy atom. The number of aliphatic imine (C=N–C) groups is 1. The number of anilines is 1. The number of benzene rings is 2. The highest BCUT2D eigenvalue weighted by molar-refractivity contribution is 5.87. The number of guanidine groups is 1. The zero-order valence-corrected chi connectivity index (χ0v) is 16.1. The number of hydrogen-bond donors (Lipinski definition) is 3. The molecule has 0 atom stereocenters. The van der Waals surface area contributed by atoms with Crippen LogP contribution in [0.2, 0.25) is 0 Å². The molecule has 0 unspecified atom stereocenters. The van der Waals surface area contributed by atoms with Gasteiger partial charge < -0.3 is 16.8 Å². The summed E-state index contributed by atoms with van der Waals surface area (Å²) in [6, 6.07) is 10.4. The third-order valence-electron chi connectivity index (χ3n) is 4.60. The Morgan fingerprint density at radius 2 is 1.78 bits per heavy atom. The third-order valence-corrected chi connectivity index (χ3v) is 4.60. The number of allylic oxidation sites excluding steroid dienone is 5. The van der Waals surface area contributed by atoms with E-state index in [4.69, 9.17) is 11.5 Å². The van der Waals surface area contributed by atoms with Crippen LogP contribution in [-0.4, -0.2) is 5.96 Å². The topological polar surface area (TPSA) is 76.4 Å². The first-order valence-corrected chi connectivity index (χ1v) is 9.07. The first kappa shape index (κ1) is 18.5. The highest BCUT2D eigenvalue weighted by Gasteiger charge is 2.11. The fourth-order valence-corrected chi connectivity index (χ4v) is 3.34. The largest absolute Gasteiger partial charge is 0.397 e. The molecule has 138 valence electrons. The summed E-state index contributed by atoms with van der Waals surface area (Å²) in [5.41, 5.74) is 20.5. The predicted octanol–water partition coefficient (Wildman–Crippen LogP) is 4.80. The SMILES string of the molecule is Cc1cc(-c2c(C)cccc2C)cc(N)c1N=C(N)NC1=CCC=CC=C1. The molecule has 0 bridgehead atoms. The molecule has 3 rings (SSSR count). The zero-order valence-electron chi connectivity index (χ0n) is 16.1. The van der Waals surface area contributed by atoms with Gasteiger partial charge in [0.1, 0.15) is 0 Å². The van der Waals surface area contributed by atoms with Gasteiger partial charge in [0.15, 0.2) is 5.96 Å². The molecule has 0 heterocycles. The summed E-state index contributed by atoms with van der Waals surface area (Å²) in [6.07, 6.45) is 10.9. The molecule has 0 saturated carbocycles. The lowest BCUT2D eigenvalue weighted by molar-refractivity contribution is 1.12. The van der Waals surface area contributed by atoms with Crippen molar-refractivity contribution in [1.82, 2.24) is 5.32 Å². The normalized spacial score (nSPS) is 14.0. The molecule has 0 amide bonds. The molecule has 4 nitrogen and oxygen atoms in total. The molecular formula is C23H26N4. The molecular weight excluding hydrogens is 332 g/mol. The molecule has 0 aliphatic heterocycles. The maximum atomic E-state index is 6.34. The average Bonchev–Trinajstić information content (AvgIpc) is 2.86. The van der Waals surface area contributed by atoms with Gasteiger partial charge in [0, 0.05) is 5.70 Å². The van der Waals surface area contributed by atoms with E-state index in [0.29, 0.717) is 17.3 Å². The molecule has 0 spiro atoms. The van der Waals surface area contributed by atoms with Crippen LogP contribution >= 0.6 is 0 Å². The van der Waals surface area contributed by atoms with Crippen molar-refractivity contribution in [3.05, 3.63) is 83.1 Å². The van der Waals surface area contributed by atoms with Crippen LogP contribution in [0.3, 0.4) is 0 Å². The van der Waals surface area contributed by atoms with Crippen LogP contribution in [-0.2, 0) is 0 Å². The van der Waals surface area contributed by atoms with E-state index in [1.165, 1.54) is 16.7 Å². The van der Waals surface area contributed by atoms with Gasteiger partial charge in [0.25, 0.3) is 0 Å². The van der Waals surface area contributed by atoms with Crippen LogP contribution in [0.25, 0.3) is 11.1 Å². The molecule has 4 heteroatoms. The van der Waals surface area contributed by atoms with Gasteiger partial charge in [0.2, 0.25) is 0 Å². The maximum Gasteiger partial charge on any atom is 0.198 e. The van der Waals surface area contributed by atoms with E-state index in [-0.39, 0.29) is 0 Å². The Balaban J connectivity index is 1.92. The van der Waals surface area contributed by atoms with Crippen molar-refractivity contribution < 1.29 is 0 Å². The smallest absolute Gasteiger partial charge is 0.198 e. The van der Waals surface area contributed by atoms with E-state index in [1.54, 1.807) is 0 Å². The Bertz CT molecular complexity index is 935. The summed E-state index contributed by atoms with van der Waals surface area (Å²) in [5.74, 6) is 0.322.